The summed E-state index contributed by atoms with van der Waals surface area (Å²) in [5, 5.41) is 8.95. The van der Waals surface area contributed by atoms with Gasteiger partial charge in [0.05, 0.1) is 5.56 Å². The number of aromatic carboxylic acids is 1. The number of carbonyl (C=O) groups is 1. The van der Waals surface area contributed by atoms with Crippen molar-refractivity contribution in [2.24, 2.45) is 11.8 Å². The van der Waals surface area contributed by atoms with Crippen LogP contribution in [0.25, 0.3) is 0 Å². The lowest BCUT2D eigenvalue weighted by Gasteiger charge is -2.33. The van der Waals surface area contributed by atoms with Crippen LogP contribution in [-0.4, -0.2) is 36.9 Å². The maximum Gasteiger partial charge on any atom is 0.338 e. The van der Waals surface area contributed by atoms with Crippen LogP contribution in [0.3, 0.4) is 0 Å². The van der Waals surface area contributed by atoms with Crippen molar-refractivity contribution in [1.82, 2.24) is 4.31 Å². The molecule has 1 aliphatic heterocycles. The van der Waals surface area contributed by atoms with Crippen LogP contribution < -0.4 is 0 Å². The molecule has 1 N–H and O–H groups in total. The molecule has 1 aromatic heterocycles. The Balaban J connectivity index is 2.35. The van der Waals surface area contributed by atoms with Crippen LogP contribution in [-0.2, 0) is 10.0 Å². The Morgan fingerprint density at radius 2 is 1.95 bits per heavy atom. The van der Waals surface area contributed by atoms with E-state index < -0.39 is 16.0 Å². The van der Waals surface area contributed by atoms with Crippen LogP contribution in [0.5, 0.6) is 0 Å². The van der Waals surface area contributed by atoms with Gasteiger partial charge in [-0.2, -0.15) is 4.31 Å². The molecule has 0 saturated carbocycles. The van der Waals surface area contributed by atoms with E-state index in [9.17, 15) is 13.2 Å². The number of sulfonamides is 1. The SMILES string of the molecule is C[C@@H]1C[C@@H](C)CN(S(=O)(=O)c2cc(C(=O)O)c(Cl)s2)C1. The molecule has 0 aliphatic carbocycles. The van der Waals surface area contributed by atoms with Crippen molar-refractivity contribution in [3.8, 4) is 0 Å². The first kappa shape index (κ1) is 15.8. The Morgan fingerprint density at radius 1 is 1.40 bits per heavy atom. The van der Waals surface area contributed by atoms with E-state index in [4.69, 9.17) is 16.7 Å². The molecular formula is C12H16ClNO4S2. The summed E-state index contributed by atoms with van der Waals surface area (Å²) in [7, 11) is -3.66. The predicted octanol–water partition coefficient (Wildman–Crippen LogP) is 2.77. The number of piperidine rings is 1. The van der Waals surface area contributed by atoms with Crippen molar-refractivity contribution >= 4 is 38.9 Å². The molecule has 5 nitrogen and oxygen atoms in total. The van der Waals surface area contributed by atoms with E-state index in [2.05, 4.69) is 0 Å². The highest BCUT2D eigenvalue weighted by atomic mass is 35.5. The Bertz CT molecular complexity index is 615. The molecule has 2 atom stereocenters. The van der Waals surface area contributed by atoms with Gasteiger partial charge in [0.2, 0.25) is 0 Å². The molecule has 20 heavy (non-hydrogen) atoms. The fraction of sp³-hybridized carbons (Fsp3) is 0.583. The van der Waals surface area contributed by atoms with Gasteiger partial charge in [-0.3, -0.25) is 0 Å². The summed E-state index contributed by atoms with van der Waals surface area (Å²) in [5.41, 5.74) is -0.159. The van der Waals surface area contributed by atoms with Gasteiger partial charge in [0.25, 0.3) is 10.0 Å². The number of hydrogen-bond donors (Lipinski definition) is 1. The number of thiophene rings is 1. The second-order valence-electron chi connectivity index (χ2n) is 5.33. The third-order valence-electron chi connectivity index (χ3n) is 3.32. The van der Waals surface area contributed by atoms with Crippen molar-refractivity contribution in [2.45, 2.75) is 24.5 Å². The zero-order chi connectivity index (χ0) is 15.1. The minimum Gasteiger partial charge on any atom is -0.478 e. The minimum absolute atomic E-state index is 0.00111. The number of carboxylic acid groups (broad SMARTS) is 1. The highest BCUT2D eigenvalue weighted by Gasteiger charge is 2.33. The number of hydrogen-bond acceptors (Lipinski definition) is 4. The largest absolute Gasteiger partial charge is 0.478 e. The van der Waals surface area contributed by atoms with Crippen LogP contribution >= 0.6 is 22.9 Å². The maximum atomic E-state index is 12.6. The summed E-state index contributed by atoms with van der Waals surface area (Å²) in [6, 6.07) is 1.15. The highest BCUT2D eigenvalue weighted by Crippen LogP contribution is 2.34. The molecule has 2 heterocycles. The Kier molecular flexibility index (Phi) is 4.44. The second-order valence-corrected chi connectivity index (χ2v) is 9.15. The lowest BCUT2D eigenvalue weighted by atomic mass is 9.94. The van der Waals surface area contributed by atoms with Crippen LogP contribution in [0.1, 0.15) is 30.6 Å². The fourth-order valence-electron chi connectivity index (χ4n) is 2.55. The van der Waals surface area contributed by atoms with Crippen LogP contribution in [0.4, 0.5) is 0 Å². The van der Waals surface area contributed by atoms with E-state index >= 15 is 0 Å². The van der Waals surface area contributed by atoms with E-state index in [1.54, 1.807) is 0 Å². The molecule has 0 amide bonds. The van der Waals surface area contributed by atoms with Crippen molar-refractivity contribution in [1.29, 1.82) is 0 Å². The molecule has 1 saturated heterocycles. The number of nitrogens with zero attached hydrogens (tertiary/aromatic N) is 1. The molecular weight excluding hydrogens is 322 g/mol. The zero-order valence-corrected chi connectivity index (χ0v) is 13.6. The lowest BCUT2D eigenvalue weighted by molar-refractivity contribution is 0.0697. The molecule has 0 spiro atoms. The normalized spacial score (nSPS) is 24.8. The molecule has 112 valence electrons. The molecule has 8 heteroatoms. The van der Waals surface area contributed by atoms with Gasteiger partial charge in [-0.25, -0.2) is 13.2 Å². The standard InChI is InChI=1S/C12H16ClNO4S2/c1-7-3-8(2)6-14(5-7)20(17,18)10-4-9(12(15)16)11(13)19-10/h4,7-8H,3,5-6H2,1-2H3,(H,15,16)/t7-,8-/m1/s1. The van der Waals surface area contributed by atoms with Gasteiger partial charge in [0.15, 0.2) is 0 Å². The zero-order valence-electron chi connectivity index (χ0n) is 11.2. The monoisotopic (exact) mass is 337 g/mol. The maximum absolute atomic E-state index is 12.6. The predicted molar refractivity (Wildman–Crippen MR) is 78.0 cm³/mol. The molecule has 0 aromatic carbocycles. The summed E-state index contributed by atoms with van der Waals surface area (Å²) in [6.07, 6.45) is 0.998. The van der Waals surface area contributed by atoms with Crippen molar-refractivity contribution < 1.29 is 18.3 Å². The van der Waals surface area contributed by atoms with E-state index in [0.29, 0.717) is 24.9 Å². The summed E-state index contributed by atoms with van der Waals surface area (Å²) in [6.45, 7) is 4.96. The Morgan fingerprint density at radius 3 is 2.40 bits per heavy atom. The van der Waals surface area contributed by atoms with Crippen molar-refractivity contribution in [2.75, 3.05) is 13.1 Å². The minimum atomic E-state index is -3.66. The third-order valence-corrected chi connectivity index (χ3v) is 6.96. The second kappa shape index (κ2) is 5.63. The van der Waals surface area contributed by atoms with Gasteiger partial charge >= 0.3 is 5.97 Å². The van der Waals surface area contributed by atoms with E-state index in [1.165, 1.54) is 4.31 Å². The molecule has 0 bridgehead atoms. The molecule has 0 unspecified atom stereocenters. The van der Waals surface area contributed by atoms with Gasteiger partial charge in [0, 0.05) is 13.1 Å². The summed E-state index contributed by atoms with van der Waals surface area (Å²) in [4.78, 5) is 11.0. The van der Waals surface area contributed by atoms with E-state index in [-0.39, 0.29) is 14.1 Å². The van der Waals surface area contributed by atoms with E-state index in [1.807, 2.05) is 13.8 Å². The van der Waals surface area contributed by atoms with Gasteiger partial charge in [-0.15, -0.1) is 11.3 Å². The summed E-state index contributed by atoms with van der Waals surface area (Å²) < 4.78 is 26.5. The average Bonchev–Trinajstić information content (AvgIpc) is 2.70. The van der Waals surface area contributed by atoms with Crippen LogP contribution in [0.15, 0.2) is 10.3 Å². The van der Waals surface area contributed by atoms with Gasteiger partial charge in [-0.05, 0) is 24.3 Å². The first-order valence-electron chi connectivity index (χ1n) is 6.24. The van der Waals surface area contributed by atoms with Gasteiger partial charge < -0.3 is 5.11 Å². The number of halogens is 1. The molecule has 0 radical (unpaired) electrons. The molecule has 1 fully saturated rings. The first-order chi connectivity index (χ1) is 9.21. The molecule has 1 aromatic rings. The van der Waals surface area contributed by atoms with Crippen molar-refractivity contribution in [3.63, 3.8) is 0 Å². The topological polar surface area (TPSA) is 74.7 Å². The van der Waals surface area contributed by atoms with E-state index in [0.717, 1.165) is 23.8 Å². The Hall–Kier alpha value is -0.630. The smallest absolute Gasteiger partial charge is 0.338 e. The highest BCUT2D eigenvalue weighted by molar-refractivity contribution is 7.91. The average molecular weight is 338 g/mol. The number of carboxylic acids is 1. The first-order valence-corrected chi connectivity index (χ1v) is 8.88. The van der Waals surface area contributed by atoms with Crippen LogP contribution in [0, 0.1) is 11.8 Å². The molecule has 1 aliphatic rings. The third kappa shape index (κ3) is 3.00. The quantitative estimate of drug-likeness (QED) is 0.920. The van der Waals surface area contributed by atoms with Crippen molar-refractivity contribution in [3.05, 3.63) is 16.0 Å². The summed E-state index contributed by atoms with van der Waals surface area (Å²) >= 11 is 6.60. The number of rotatable bonds is 3. The Labute approximate surface area is 127 Å². The molecule has 2 rings (SSSR count). The van der Waals surface area contributed by atoms with Gasteiger partial charge in [0.1, 0.15) is 8.55 Å². The fourth-order valence-corrected chi connectivity index (χ4v) is 6.09. The summed E-state index contributed by atoms with van der Waals surface area (Å²) in [5.74, 6) is -0.626. The van der Waals surface area contributed by atoms with Gasteiger partial charge in [-0.1, -0.05) is 25.4 Å². The van der Waals surface area contributed by atoms with Crippen LogP contribution in [0.2, 0.25) is 4.34 Å². The lowest BCUT2D eigenvalue weighted by Crippen LogP contribution is -2.42.